The summed E-state index contributed by atoms with van der Waals surface area (Å²) < 4.78 is 12.8. The molecule has 104 valence electrons. The van der Waals surface area contributed by atoms with Crippen molar-refractivity contribution >= 4 is 23.0 Å². The molecule has 1 amide bonds. The van der Waals surface area contributed by atoms with Crippen molar-refractivity contribution in [1.29, 1.82) is 0 Å². The van der Waals surface area contributed by atoms with E-state index in [1.165, 1.54) is 23.5 Å². The molecule has 0 saturated heterocycles. The summed E-state index contributed by atoms with van der Waals surface area (Å²) >= 11 is 1.45. The van der Waals surface area contributed by atoms with Crippen molar-refractivity contribution in [3.63, 3.8) is 0 Å². The first-order valence-corrected chi connectivity index (χ1v) is 6.92. The van der Waals surface area contributed by atoms with Crippen molar-refractivity contribution in [2.75, 3.05) is 0 Å². The van der Waals surface area contributed by atoms with Crippen molar-refractivity contribution in [3.8, 4) is 0 Å². The second kappa shape index (κ2) is 6.38. The molecule has 20 heavy (non-hydrogen) atoms. The number of rotatable bonds is 4. The lowest BCUT2D eigenvalue weighted by Crippen LogP contribution is -2.21. The van der Waals surface area contributed by atoms with Crippen LogP contribution in [-0.4, -0.2) is 16.6 Å². The van der Waals surface area contributed by atoms with Gasteiger partial charge in [0.15, 0.2) is 0 Å². The molecule has 0 radical (unpaired) electrons. The summed E-state index contributed by atoms with van der Waals surface area (Å²) in [6.45, 7) is 3.63. The first-order valence-electron chi connectivity index (χ1n) is 6.04. The van der Waals surface area contributed by atoms with E-state index in [2.05, 4.69) is 15.5 Å². The number of hydrogen-bond donors (Lipinski definition) is 1. The molecule has 1 aromatic carbocycles. The molecule has 1 aromatic heterocycles. The lowest BCUT2D eigenvalue weighted by Gasteiger charge is -2.02. The summed E-state index contributed by atoms with van der Waals surface area (Å²) in [5, 5.41) is 6.66. The molecule has 0 spiro atoms. The Labute approximate surface area is 120 Å². The van der Waals surface area contributed by atoms with E-state index in [0.29, 0.717) is 5.71 Å². The van der Waals surface area contributed by atoms with Crippen LogP contribution in [0.1, 0.15) is 23.2 Å². The topological polar surface area (TPSA) is 54.4 Å². The molecule has 1 heterocycles. The molecule has 0 bridgehead atoms. The van der Waals surface area contributed by atoms with Gasteiger partial charge in [-0.15, -0.1) is 11.3 Å². The Morgan fingerprint density at radius 2 is 2.10 bits per heavy atom. The van der Waals surface area contributed by atoms with E-state index in [1.54, 1.807) is 19.1 Å². The van der Waals surface area contributed by atoms with Crippen molar-refractivity contribution in [2.45, 2.75) is 20.3 Å². The highest BCUT2D eigenvalue weighted by atomic mass is 32.1. The summed E-state index contributed by atoms with van der Waals surface area (Å²) in [7, 11) is 0. The highest BCUT2D eigenvalue weighted by Gasteiger charge is 2.06. The fourth-order valence-electron chi connectivity index (χ4n) is 1.56. The standard InChI is InChI=1S/C14H14FN3OS/c1-9-8-20-14(16-9)7-13(19)18-17-10(2)11-3-5-12(15)6-4-11/h3-6,8H,7H2,1-2H3,(H,18,19)/b17-10-. The zero-order chi connectivity index (χ0) is 14.5. The third kappa shape index (κ3) is 3.96. The first-order chi connectivity index (χ1) is 9.54. The summed E-state index contributed by atoms with van der Waals surface area (Å²) in [5.74, 6) is -0.523. The Morgan fingerprint density at radius 3 is 2.70 bits per heavy atom. The summed E-state index contributed by atoms with van der Waals surface area (Å²) in [5.41, 5.74) is 4.76. The quantitative estimate of drug-likeness (QED) is 0.695. The first kappa shape index (κ1) is 14.3. The molecule has 0 saturated carbocycles. The number of benzene rings is 1. The summed E-state index contributed by atoms with van der Waals surface area (Å²) in [4.78, 5) is 15.9. The number of carbonyl (C=O) groups is 1. The van der Waals surface area contributed by atoms with Gasteiger partial charge in [0.2, 0.25) is 5.91 Å². The van der Waals surface area contributed by atoms with Gasteiger partial charge in [-0.05, 0) is 31.5 Å². The van der Waals surface area contributed by atoms with Crippen LogP contribution in [0.5, 0.6) is 0 Å². The Balaban J connectivity index is 1.94. The number of nitrogens with one attached hydrogen (secondary N) is 1. The Hall–Kier alpha value is -2.08. The highest BCUT2D eigenvalue weighted by molar-refractivity contribution is 7.09. The molecule has 0 aliphatic carbocycles. The molecule has 2 rings (SSSR count). The number of halogens is 1. The molecule has 0 aliphatic rings. The Morgan fingerprint density at radius 1 is 1.40 bits per heavy atom. The monoisotopic (exact) mass is 291 g/mol. The van der Waals surface area contributed by atoms with Crippen LogP contribution in [0.25, 0.3) is 0 Å². The molecule has 4 nitrogen and oxygen atoms in total. The number of hydrogen-bond acceptors (Lipinski definition) is 4. The van der Waals surface area contributed by atoms with Gasteiger partial charge in [0, 0.05) is 11.1 Å². The van der Waals surface area contributed by atoms with Crippen molar-refractivity contribution in [2.24, 2.45) is 5.10 Å². The van der Waals surface area contributed by atoms with E-state index < -0.39 is 0 Å². The number of aromatic nitrogens is 1. The van der Waals surface area contributed by atoms with Gasteiger partial charge in [0.1, 0.15) is 10.8 Å². The minimum absolute atomic E-state index is 0.207. The predicted octanol–water partition coefficient (Wildman–Crippen LogP) is 2.67. The van der Waals surface area contributed by atoms with Gasteiger partial charge in [0.25, 0.3) is 0 Å². The van der Waals surface area contributed by atoms with Gasteiger partial charge in [-0.3, -0.25) is 4.79 Å². The SMILES string of the molecule is C/C(=N/NC(=O)Cc1nc(C)cs1)c1ccc(F)cc1. The maximum Gasteiger partial charge on any atom is 0.246 e. The molecule has 1 N–H and O–H groups in total. The minimum Gasteiger partial charge on any atom is -0.273 e. The van der Waals surface area contributed by atoms with E-state index >= 15 is 0 Å². The zero-order valence-corrected chi connectivity index (χ0v) is 12.0. The van der Waals surface area contributed by atoms with Crippen LogP contribution in [0.15, 0.2) is 34.7 Å². The zero-order valence-electron chi connectivity index (χ0n) is 11.2. The van der Waals surface area contributed by atoms with Crippen LogP contribution in [0.4, 0.5) is 4.39 Å². The van der Waals surface area contributed by atoms with Crippen LogP contribution in [0.2, 0.25) is 0 Å². The number of thiazole rings is 1. The van der Waals surface area contributed by atoms with Gasteiger partial charge >= 0.3 is 0 Å². The number of amides is 1. The molecular weight excluding hydrogens is 277 g/mol. The average molecular weight is 291 g/mol. The maximum atomic E-state index is 12.8. The summed E-state index contributed by atoms with van der Waals surface area (Å²) in [6, 6.07) is 5.94. The maximum absolute atomic E-state index is 12.8. The normalized spacial score (nSPS) is 11.4. The van der Waals surface area contributed by atoms with Gasteiger partial charge < -0.3 is 0 Å². The van der Waals surface area contributed by atoms with Gasteiger partial charge in [-0.1, -0.05) is 12.1 Å². The number of hydrazone groups is 1. The third-order valence-electron chi connectivity index (χ3n) is 2.59. The molecule has 6 heteroatoms. The fourth-order valence-corrected chi connectivity index (χ4v) is 2.33. The number of nitrogens with zero attached hydrogens (tertiary/aromatic N) is 2. The lowest BCUT2D eigenvalue weighted by atomic mass is 10.1. The molecule has 2 aromatic rings. The minimum atomic E-state index is -0.301. The van der Waals surface area contributed by atoms with Crippen LogP contribution < -0.4 is 5.43 Å². The average Bonchev–Trinajstić information content (AvgIpc) is 2.82. The summed E-state index contributed by atoms with van der Waals surface area (Å²) in [6.07, 6.45) is 0.207. The van der Waals surface area contributed by atoms with Crippen molar-refractivity contribution in [1.82, 2.24) is 10.4 Å². The van der Waals surface area contributed by atoms with Crippen LogP contribution in [0, 0.1) is 12.7 Å². The molecular formula is C14H14FN3OS. The fraction of sp³-hybridized carbons (Fsp3) is 0.214. The second-order valence-electron chi connectivity index (χ2n) is 4.30. The Bertz CT molecular complexity index is 634. The van der Waals surface area contributed by atoms with Gasteiger partial charge in [-0.25, -0.2) is 14.8 Å². The van der Waals surface area contributed by atoms with E-state index in [0.717, 1.165) is 16.3 Å². The largest absolute Gasteiger partial charge is 0.273 e. The molecule has 0 fully saturated rings. The number of carbonyl (C=O) groups excluding carboxylic acids is 1. The molecule has 0 atom stereocenters. The Kier molecular flexibility index (Phi) is 4.57. The highest BCUT2D eigenvalue weighted by Crippen LogP contribution is 2.09. The predicted molar refractivity (Wildman–Crippen MR) is 77.3 cm³/mol. The van der Waals surface area contributed by atoms with E-state index in [1.807, 2.05) is 12.3 Å². The van der Waals surface area contributed by atoms with Crippen molar-refractivity contribution in [3.05, 3.63) is 51.7 Å². The van der Waals surface area contributed by atoms with E-state index in [-0.39, 0.29) is 18.1 Å². The van der Waals surface area contributed by atoms with E-state index in [4.69, 9.17) is 0 Å². The molecule has 0 aliphatic heterocycles. The van der Waals surface area contributed by atoms with Crippen LogP contribution in [-0.2, 0) is 11.2 Å². The third-order valence-corrected chi connectivity index (χ3v) is 3.56. The van der Waals surface area contributed by atoms with Gasteiger partial charge in [0.05, 0.1) is 12.1 Å². The van der Waals surface area contributed by atoms with Gasteiger partial charge in [-0.2, -0.15) is 5.10 Å². The van der Waals surface area contributed by atoms with Crippen LogP contribution >= 0.6 is 11.3 Å². The smallest absolute Gasteiger partial charge is 0.246 e. The number of aryl methyl sites for hydroxylation is 1. The van der Waals surface area contributed by atoms with Crippen molar-refractivity contribution < 1.29 is 9.18 Å². The second-order valence-corrected chi connectivity index (χ2v) is 5.24. The lowest BCUT2D eigenvalue weighted by molar-refractivity contribution is -0.120. The molecule has 0 unspecified atom stereocenters. The van der Waals surface area contributed by atoms with Crippen LogP contribution in [0.3, 0.4) is 0 Å². The van der Waals surface area contributed by atoms with E-state index in [9.17, 15) is 9.18 Å².